The van der Waals surface area contributed by atoms with Crippen LogP contribution in [0.4, 0.5) is 0 Å². The highest BCUT2D eigenvalue weighted by molar-refractivity contribution is 5.85. The first-order chi connectivity index (χ1) is 8.74. The van der Waals surface area contributed by atoms with Crippen molar-refractivity contribution in [1.29, 1.82) is 0 Å². The second-order valence-corrected chi connectivity index (χ2v) is 5.80. The lowest BCUT2D eigenvalue weighted by Crippen LogP contribution is -2.56. The number of piperazine rings is 1. The Bertz CT molecular complexity index is 321. The van der Waals surface area contributed by atoms with E-state index in [0.29, 0.717) is 13.0 Å². The summed E-state index contributed by atoms with van der Waals surface area (Å²) in [5.74, 6) is 0.180. The zero-order chi connectivity index (χ0) is 12.5. The fourth-order valence-corrected chi connectivity index (χ4v) is 3.18. The average Bonchev–Trinajstić information content (AvgIpc) is 2.74. The van der Waals surface area contributed by atoms with Gasteiger partial charge in [-0.3, -0.25) is 9.69 Å². The van der Waals surface area contributed by atoms with Crippen LogP contribution in [0.3, 0.4) is 0 Å². The maximum atomic E-state index is 12.2. The standard InChI is InChI=1S/C13H23N3O2.2ClH/c17-11-8-12(14-9-11)13(18)16-6-4-15(5-7-16)10-2-1-3-10;;/h10-12,14,17H,1-9H2;2*1H. The van der Waals surface area contributed by atoms with Gasteiger partial charge in [-0.15, -0.1) is 24.8 Å². The summed E-state index contributed by atoms with van der Waals surface area (Å²) in [5, 5.41) is 12.6. The van der Waals surface area contributed by atoms with E-state index in [1.807, 2.05) is 4.90 Å². The molecule has 3 aliphatic rings. The molecule has 0 aromatic carbocycles. The molecule has 1 saturated carbocycles. The number of halogens is 2. The Labute approximate surface area is 132 Å². The Balaban J connectivity index is 0.000001000. The molecule has 1 aliphatic carbocycles. The molecule has 0 bridgehead atoms. The number of carbonyl (C=O) groups excluding carboxylic acids is 1. The van der Waals surface area contributed by atoms with Gasteiger partial charge in [0.05, 0.1) is 12.1 Å². The zero-order valence-electron chi connectivity index (χ0n) is 11.7. The van der Waals surface area contributed by atoms with Crippen LogP contribution in [-0.4, -0.2) is 71.7 Å². The molecule has 2 unspecified atom stereocenters. The van der Waals surface area contributed by atoms with Gasteiger partial charge in [-0.25, -0.2) is 0 Å². The molecule has 0 aromatic rings. The molecule has 118 valence electrons. The van der Waals surface area contributed by atoms with Crippen molar-refractivity contribution in [2.75, 3.05) is 32.7 Å². The number of aliphatic hydroxyl groups is 1. The molecule has 0 aromatic heterocycles. The lowest BCUT2D eigenvalue weighted by molar-refractivity contribution is -0.135. The summed E-state index contributed by atoms with van der Waals surface area (Å²) < 4.78 is 0. The van der Waals surface area contributed by atoms with Gasteiger partial charge in [0, 0.05) is 38.8 Å². The predicted molar refractivity (Wildman–Crippen MR) is 82.7 cm³/mol. The topological polar surface area (TPSA) is 55.8 Å². The number of amides is 1. The molecule has 7 heteroatoms. The minimum atomic E-state index is -0.352. The summed E-state index contributed by atoms with van der Waals surface area (Å²) in [6.45, 7) is 4.29. The van der Waals surface area contributed by atoms with Crippen molar-refractivity contribution < 1.29 is 9.90 Å². The van der Waals surface area contributed by atoms with Crippen molar-refractivity contribution in [3.8, 4) is 0 Å². The third kappa shape index (κ3) is 3.77. The molecule has 3 rings (SSSR count). The first-order valence-electron chi connectivity index (χ1n) is 7.18. The first kappa shape index (κ1) is 18.0. The van der Waals surface area contributed by atoms with Crippen LogP contribution in [0.15, 0.2) is 0 Å². The SMILES string of the molecule is Cl.Cl.O=C(C1CC(O)CN1)N1CCN(C2CCC2)CC1. The zero-order valence-corrected chi connectivity index (χ0v) is 13.3. The number of hydrogen-bond acceptors (Lipinski definition) is 4. The highest BCUT2D eigenvalue weighted by atomic mass is 35.5. The fourth-order valence-electron chi connectivity index (χ4n) is 3.18. The van der Waals surface area contributed by atoms with Crippen molar-refractivity contribution in [1.82, 2.24) is 15.1 Å². The molecule has 0 radical (unpaired) electrons. The van der Waals surface area contributed by atoms with E-state index < -0.39 is 0 Å². The van der Waals surface area contributed by atoms with Crippen LogP contribution in [0.5, 0.6) is 0 Å². The summed E-state index contributed by atoms with van der Waals surface area (Å²) in [6, 6.07) is 0.629. The number of nitrogens with zero attached hydrogens (tertiary/aromatic N) is 2. The molecular formula is C13H25Cl2N3O2. The van der Waals surface area contributed by atoms with Gasteiger partial charge in [0.2, 0.25) is 5.91 Å². The summed E-state index contributed by atoms with van der Waals surface area (Å²) >= 11 is 0. The van der Waals surface area contributed by atoms with Crippen molar-refractivity contribution in [3.05, 3.63) is 0 Å². The number of hydrogen-bond donors (Lipinski definition) is 2. The van der Waals surface area contributed by atoms with Crippen molar-refractivity contribution in [3.63, 3.8) is 0 Å². The van der Waals surface area contributed by atoms with Crippen LogP contribution >= 0.6 is 24.8 Å². The molecule has 2 heterocycles. The Kier molecular flexibility index (Phi) is 7.01. The molecule has 3 fully saturated rings. The molecule has 2 saturated heterocycles. The monoisotopic (exact) mass is 325 g/mol. The second kappa shape index (κ2) is 7.80. The Hall–Kier alpha value is -0.0700. The Morgan fingerprint density at radius 3 is 2.20 bits per heavy atom. The summed E-state index contributed by atoms with van der Waals surface area (Å²) in [5.41, 5.74) is 0. The van der Waals surface area contributed by atoms with E-state index in [9.17, 15) is 9.90 Å². The first-order valence-corrected chi connectivity index (χ1v) is 7.18. The average molecular weight is 326 g/mol. The molecule has 5 nitrogen and oxygen atoms in total. The maximum Gasteiger partial charge on any atom is 0.239 e. The number of nitrogens with one attached hydrogen (secondary N) is 1. The Morgan fingerprint density at radius 1 is 1.10 bits per heavy atom. The van der Waals surface area contributed by atoms with E-state index in [0.717, 1.165) is 32.2 Å². The van der Waals surface area contributed by atoms with E-state index in [2.05, 4.69) is 10.2 Å². The van der Waals surface area contributed by atoms with Gasteiger partial charge in [-0.1, -0.05) is 6.42 Å². The van der Waals surface area contributed by atoms with Crippen LogP contribution in [0.2, 0.25) is 0 Å². The molecule has 2 N–H and O–H groups in total. The minimum Gasteiger partial charge on any atom is -0.392 e. The molecule has 2 atom stereocenters. The van der Waals surface area contributed by atoms with Gasteiger partial charge in [-0.05, 0) is 19.3 Å². The normalized spacial score (nSPS) is 31.1. The van der Waals surface area contributed by atoms with Crippen molar-refractivity contribution in [2.45, 2.75) is 43.9 Å². The van der Waals surface area contributed by atoms with Crippen molar-refractivity contribution in [2.24, 2.45) is 0 Å². The lowest BCUT2D eigenvalue weighted by atomic mass is 9.91. The number of carbonyl (C=O) groups is 1. The molecule has 0 spiro atoms. The van der Waals surface area contributed by atoms with E-state index in [1.165, 1.54) is 19.3 Å². The fraction of sp³-hybridized carbons (Fsp3) is 0.923. The highest BCUT2D eigenvalue weighted by Crippen LogP contribution is 2.25. The largest absolute Gasteiger partial charge is 0.392 e. The minimum absolute atomic E-state index is 0. The second-order valence-electron chi connectivity index (χ2n) is 5.80. The quantitative estimate of drug-likeness (QED) is 0.764. The van der Waals surface area contributed by atoms with Crippen LogP contribution in [0, 0.1) is 0 Å². The highest BCUT2D eigenvalue weighted by Gasteiger charge is 2.34. The van der Waals surface area contributed by atoms with Crippen LogP contribution in [0.25, 0.3) is 0 Å². The van der Waals surface area contributed by atoms with E-state index in [1.54, 1.807) is 0 Å². The molecule has 20 heavy (non-hydrogen) atoms. The maximum absolute atomic E-state index is 12.2. The number of aliphatic hydroxyl groups excluding tert-OH is 1. The molecule has 2 aliphatic heterocycles. The smallest absolute Gasteiger partial charge is 0.239 e. The number of β-amino-alcohol motifs (C(OH)–C–C–N with tert-alkyl or cyclic N) is 1. The van der Waals surface area contributed by atoms with Gasteiger partial charge in [-0.2, -0.15) is 0 Å². The van der Waals surface area contributed by atoms with Gasteiger partial charge < -0.3 is 15.3 Å². The van der Waals surface area contributed by atoms with Gasteiger partial charge >= 0.3 is 0 Å². The Morgan fingerprint density at radius 2 is 1.75 bits per heavy atom. The third-order valence-electron chi connectivity index (χ3n) is 4.62. The van der Waals surface area contributed by atoms with E-state index in [4.69, 9.17) is 0 Å². The molecular weight excluding hydrogens is 301 g/mol. The van der Waals surface area contributed by atoms with Crippen molar-refractivity contribution >= 4 is 30.7 Å². The summed E-state index contributed by atoms with van der Waals surface area (Å²) in [6.07, 6.45) is 4.26. The van der Waals surface area contributed by atoms with E-state index in [-0.39, 0.29) is 42.9 Å². The van der Waals surface area contributed by atoms with Gasteiger partial charge in [0.1, 0.15) is 0 Å². The lowest BCUT2D eigenvalue weighted by Gasteiger charge is -2.43. The van der Waals surface area contributed by atoms with E-state index >= 15 is 0 Å². The third-order valence-corrected chi connectivity index (χ3v) is 4.62. The van der Waals surface area contributed by atoms with Crippen LogP contribution in [-0.2, 0) is 4.79 Å². The number of rotatable bonds is 2. The predicted octanol–water partition coefficient (Wildman–Crippen LogP) is 0.250. The van der Waals surface area contributed by atoms with Gasteiger partial charge in [0.25, 0.3) is 0 Å². The van der Waals surface area contributed by atoms with Gasteiger partial charge in [0.15, 0.2) is 0 Å². The molecule has 1 amide bonds. The summed E-state index contributed by atoms with van der Waals surface area (Å²) in [7, 11) is 0. The van der Waals surface area contributed by atoms with Crippen LogP contribution < -0.4 is 5.32 Å². The summed E-state index contributed by atoms with van der Waals surface area (Å²) in [4.78, 5) is 16.7. The van der Waals surface area contributed by atoms with Crippen LogP contribution in [0.1, 0.15) is 25.7 Å².